The number of hydrogen-bond donors (Lipinski definition) is 1. The number of hydrogen-bond acceptors (Lipinski definition) is 9. The number of amides is 1. The number of carbonyl (C=O) groups excluding carboxylic acids is 1. The minimum absolute atomic E-state index is 0.108. The van der Waals surface area contributed by atoms with Crippen LogP contribution in [0.1, 0.15) is 17.5 Å². The lowest BCUT2D eigenvalue weighted by Crippen LogP contribution is -2.44. The van der Waals surface area contributed by atoms with E-state index in [1.807, 2.05) is 55.5 Å². The molecule has 4 aromatic rings. The van der Waals surface area contributed by atoms with Crippen molar-refractivity contribution in [2.24, 2.45) is 0 Å². The van der Waals surface area contributed by atoms with Crippen molar-refractivity contribution in [2.75, 3.05) is 65.6 Å². The quantitative estimate of drug-likeness (QED) is 0.270. The molecule has 0 saturated carbocycles. The minimum Gasteiger partial charge on any atom is -0.493 e. The highest BCUT2D eigenvalue weighted by molar-refractivity contribution is 5.96. The summed E-state index contributed by atoms with van der Waals surface area (Å²) in [5, 5.41) is 3.89. The number of likely N-dealkylation sites (N-methyl/N-ethyl adjacent to an activating group) is 1. The summed E-state index contributed by atoms with van der Waals surface area (Å²) in [7, 11) is 3.81. The van der Waals surface area contributed by atoms with Crippen LogP contribution in [0.5, 0.6) is 23.0 Å². The van der Waals surface area contributed by atoms with E-state index in [9.17, 15) is 4.79 Å². The van der Waals surface area contributed by atoms with Crippen molar-refractivity contribution in [3.63, 3.8) is 0 Å². The van der Waals surface area contributed by atoms with Gasteiger partial charge in [-0.25, -0.2) is 9.97 Å². The van der Waals surface area contributed by atoms with Crippen LogP contribution in [0.4, 0.5) is 5.69 Å². The summed E-state index contributed by atoms with van der Waals surface area (Å²) in [6.07, 6.45) is 2.74. The SMILES string of the molecule is COc1cc2c(-c3ccc(NC(=O)Cc4ccc5c(c4)OCO5)c(C)c3)ncnc2cc1OCCCN1CCN(C)CC1. The molecule has 2 aliphatic heterocycles. The molecule has 224 valence electrons. The number of benzene rings is 3. The number of carbonyl (C=O) groups is 1. The standard InChI is InChI=1S/C33H37N5O5/c1-22-15-24(6-7-26(22)36-32(39)17-23-5-8-28-30(16-23)43-21-42-28)33-25-18-29(40-3)31(19-27(25)34-20-35-33)41-14-4-9-38-12-10-37(2)11-13-38/h5-8,15-16,18-20H,4,9-14,17,21H2,1-3H3,(H,36,39). The van der Waals surface area contributed by atoms with Crippen molar-refractivity contribution < 1.29 is 23.7 Å². The summed E-state index contributed by atoms with van der Waals surface area (Å²) in [6.45, 7) is 8.22. The van der Waals surface area contributed by atoms with Crippen LogP contribution in [0.2, 0.25) is 0 Å². The second kappa shape index (κ2) is 12.8. The van der Waals surface area contributed by atoms with Crippen LogP contribution in [0, 0.1) is 6.92 Å². The smallest absolute Gasteiger partial charge is 0.231 e. The third-order valence-corrected chi connectivity index (χ3v) is 7.97. The van der Waals surface area contributed by atoms with E-state index in [0.717, 1.165) is 78.1 Å². The zero-order valence-electron chi connectivity index (χ0n) is 24.9. The molecule has 1 N–H and O–H groups in total. The van der Waals surface area contributed by atoms with Crippen LogP contribution in [0.25, 0.3) is 22.2 Å². The van der Waals surface area contributed by atoms with Gasteiger partial charge in [0.05, 0.1) is 31.3 Å². The maximum Gasteiger partial charge on any atom is 0.231 e. The molecule has 0 aliphatic carbocycles. The molecule has 1 saturated heterocycles. The van der Waals surface area contributed by atoms with Crippen molar-refractivity contribution in [3.8, 4) is 34.3 Å². The fourth-order valence-electron chi connectivity index (χ4n) is 5.49. The van der Waals surface area contributed by atoms with Crippen LogP contribution >= 0.6 is 0 Å². The molecule has 3 heterocycles. The molecule has 1 amide bonds. The van der Waals surface area contributed by atoms with E-state index < -0.39 is 0 Å². The first kappa shape index (κ1) is 28.7. The number of fused-ring (bicyclic) bond motifs is 2. The number of piperazine rings is 1. The number of anilines is 1. The first-order valence-corrected chi connectivity index (χ1v) is 14.6. The largest absolute Gasteiger partial charge is 0.493 e. The summed E-state index contributed by atoms with van der Waals surface area (Å²) in [4.78, 5) is 26.8. The molecule has 0 spiro atoms. The van der Waals surface area contributed by atoms with Gasteiger partial charge in [-0.1, -0.05) is 12.1 Å². The molecular formula is C33H37N5O5. The van der Waals surface area contributed by atoms with Gasteiger partial charge in [0.15, 0.2) is 23.0 Å². The zero-order valence-corrected chi connectivity index (χ0v) is 24.9. The molecule has 3 aromatic carbocycles. The monoisotopic (exact) mass is 583 g/mol. The highest BCUT2D eigenvalue weighted by Crippen LogP contribution is 2.36. The maximum atomic E-state index is 12.8. The maximum absolute atomic E-state index is 12.8. The molecule has 0 unspecified atom stereocenters. The lowest BCUT2D eigenvalue weighted by atomic mass is 10.0. The predicted molar refractivity (Wildman–Crippen MR) is 165 cm³/mol. The van der Waals surface area contributed by atoms with E-state index in [4.69, 9.17) is 18.9 Å². The van der Waals surface area contributed by atoms with Gasteiger partial charge in [0, 0.05) is 55.4 Å². The zero-order chi connectivity index (χ0) is 29.8. The Kier molecular flexibility index (Phi) is 8.57. The average molecular weight is 584 g/mol. The molecule has 6 rings (SSSR count). The van der Waals surface area contributed by atoms with Gasteiger partial charge < -0.3 is 34.1 Å². The second-order valence-electron chi connectivity index (χ2n) is 11.0. The number of methoxy groups -OCH3 is 1. The van der Waals surface area contributed by atoms with Gasteiger partial charge in [-0.05, 0) is 61.9 Å². The molecule has 0 radical (unpaired) electrons. The first-order chi connectivity index (χ1) is 21.0. The van der Waals surface area contributed by atoms with Gasteiger partial charge in [0.2, 0.25) is 12.7 Å². The van der Waals surface area contributed by atoms with Crippen LogP contribution in [0.3, 0.4) is 0 Å². The number of aryl methyl sites for hydroxylation is 1. The Morgan fingerprint density at radius 1 is 0.977 bits per heavy atom. The van der Waals surface area contributed by atoms with E-state index in [0.29, 0.717) is 29.6 Å². The van der Waals surface area contributed by atoms with Gasteiger partial charge >= 0.3 is 0 Å². The third-order valence-electron chi connectivity index (χ3n) is 7.97. The Bertz CT molecular complexity index is 1620. The Morgan fingerprint density at radius 2 is 1.81 bits per heavy atom. The molecule has 10 heteroatoms. The third kappa shape index (κ3) is 6.65. The van der Waals surface area contributed by atoms with E-state index in [-0.39, 0.29) is 19.1 Å². The second-order valence-corrected chi connectivity index (χ2v) is 11.0. The molecule has 0 atom stereocenters. The van der Waals surface area contributed by atoms with Crippen molar-refractivity contribution >= 4 is 22.5 Å². The van der Waals surface area contributed by atoms with Crippen LogP contribution in [0.15, 0.2) is 54.9 Å². The molecule has 43 heavy (non-hydrogen) atoms. The molecule has 1 fully saturated rings. The number of rotatable bonds is 10. The molecule has 10 nitrogen and oxygen atoms in total. The Hall–Kier alpha value is -4.41. The van der Waals surface area contributed by atoms with Crippen LogP contribution < -0.4 is 24.3 Å². The predicted octanol–water partition coefficient (Wildman–Crippen LogP) is 4.54. The fourth-order valence-corrected chi connectivity index (χ4v) is 5.49. The summed E-state index contributed by atoms with van der Waals surface area (Å²) in [5.41, 5.74) is 5.01. The normalized spacial score (nSPS) is 15.0. The molecule has 2 aliphatic rings. The number of ether oxygens (including phenoxy) is 4. The van der Waals surface area contributed by atoms with Gasteiger partial charge in [0.25, 0.3) is 0 Å². The number of nitrogens with one attached hydrogen (secondary N) is 1. The summed E-state index contributed by atoms with van der Waals surface area (Å²) in [6, 6.07) is 15.3. The topological polar surface area (TPSA) is 98.3 Å². The average Bonchev–Trinajstić information content (AvgIpc) is 3.48. The summed E-state index contributed by atoms with van der Waals surface area (Å²) < 4.78 is 22.6. The van der Waals surface area contributed by atoms with E-state index in [1.165, 1.54) is 0 Å². The Balaban J connectivity index is 1.13. The minimum atomic E-state index is -0.108. The highest BCUT2D eigenvalue weighted by Gasteiger charge is 2.17. The van der Waals surface area contributed by atoms with Crippen molar-refractivity contribution in [3.05, 3.63) is 66.0 Å². The summed E-state index contributed by atoms with van der Waals surface area (Å²) in [5.74, 6) is 2.58. The van der Waals surface area contributed by atoms with Gasteiger partial charge in [0.1, 0.15) is 6.33 Å². The van der Waals surface area contributed by atoms with Crippen molar-refractivity contribution in [1.82, 2.24) is 19.8 Å². The molecule has 1 aromatic heterocycles. The molecular weight excluding hydrogens is 546 g/mol. The van der Waals surface area contributed by atoms with E-state index >= 15 is 0 Å². The highest BCUT2D eigenvalue weighted by atomic mass is 16.7. The van der Waals surface area contributed by atoms with Gasteiger partial charge in [-0.3, -0.25) is 4.79 Å². The fraction of sp³-hybridized carbons (Fsp3) is 0.364. The number of nitrogens with zero attached hydrogens (tertiary/aromatic N) is 4. The van der Waals surface area contributed by atoms with Crippen LogP contribution in [-0.4, -0.2) is 86.0 Å². The Morgan fingerprint density at radius 3 is 2.63 bits per heavy atom. The van der Waals surface area contributed by atoms with E-state index in [2.05, 4.69) is 32.1 Å². The van der Waals surface area contributed by atoms with E-state index in [1.54, 1.807) is 13.4 Å². The van der Waals surface area contributed by atoms with Crippen molar-refractivity contribution in [1.29, 1.82) is 0 Å². The summed E-state index contributed by atoms with van der Waals surface area (Å²) >= 11 is 0. The van der Waals surface area contributed by atoms with Crippen molar-refractivity contribution in [2.45, 2.75) is 19.8 Å². The van der Waals surface area contributed by atoms with Gasteiger partial charge in [-0.15, -0.1) is 0 Å². The lowest BCUT2D eigenvalue weighted by Gasteiger charge is -2.32. The number of aromatic nitrogens is 2. The lowest BCUT2D eigenvalue weighted by molar-refractivity contribution is -0.115. The first-order valence-electron chi connectivity index (χ1n) is 14.6. The van der Waals surface area contributed by atoms with Crippen LogP contribution in [-0.2, 0) is 11.2 Å². The van der Waals surface area contributed by atoms with Gasteiger partial charge in [-0.2, -0.15) is 0 Å². The molecule has 0 bridgehead atoms. The Labute approximate surface area is 251 Å².